The van der Waals surface area contributed by atoms with Gasteiger partial charge in [0.1, 0.15) is 11.5 Å². The molecule has 304 valence electrons. The molecular formula is C45H51N3O9Si. The summed E-state index contributed by atoms with van der Waals surface area (Å²) in [6.07, 6.45) is -1.22. The van der Waals surface area contributed by atoms with Gasteiger partial charge in [-0.3, -0.25) is 24.1 Å². The number of aliphatic hydroxyl groups is 1. The molecule has 2 saturated heterocycles. The van der Waals surface area contributed by atoms with Gasteiger partial charge in [0.05, 0.1) is 60.1 Å². The molecule has 7 rings (SSSR count). The molecule has 0 saturated carbocycles. The van der Waals surface area contributed by atoms with Crippen molar-refractivity contribution < 1.29 is 43.2 Å². The third-order valence-electron chi connectivity index (χ3n) is 12.1. The van der Waals surface area contributed by atoms with Crippen LogP contribution in [0, 0.1) is 5.92 Å². The first kappa shape index (κ1) is 40.7. The highest BCUT2D eigenvalue weighted by molar-refractivity contribution is 6.91. The number of fused-ring (bicyclic) bond motifs is 2. The van der Waals surface area contributed by atoms with Crippen LogP contribution in [-0.2, 0) is 47.3 Å². The predicted molar refractivity (Wildman–Crippen MR) is 221 cm³/mol. The van der Waals surface area contributed by atoms with E-state index >= 15 is 4.79 Å². The molecule has 4 aromatic carbocycles. The van der Waals surface area contributed by atoms with E-state index in [1.165, 1.54) is 11.8 Å². The van der Waals surface area contributed by atoms with Crippen molar-refractivity contribution in [1.82, 2.24) is 4.90 Å². The van der Waals surface area contributed by atoms with Crippen molar-refractivity contribution in [3.05, 3.63) is 114 Å². The molecule has 2 fully saturated rings. The van der Waals surface area contributed by atoms with Gasteiger partial charge in [0, 0.05) is 37.2 Å². The van der Waals surface area contributed by atoms with Gasteiger partial charge in [-0.25, -0.2) is 0 Å². The summed E-state index contributed by atoms with van der Waals surface area (Å²) in [4.78, 5) is 59.1. The molecule has 0 bridgehead atoms. The Hall–Kier alpha value is -5.50. The summed E-state index contributed by atoms with van der Waals surface area (Å²) in [6.45, 7) is 8.36. The van der Waals surface area contributed by atoms with Gasteiger partial charge in [0.15, 0.2) is 11.8 Å². The number of anilines is 2. The second kappa shape index (κ2) is 16.4. The Morgan fingerprint density at radius 1 is 0.914 bits per heavy atom. The van der Waals surface area contributed by atoms with E-state index in [1.54, 1.807) is 30.1 Å². The fourth-order valence-corrected chi connectivity index (χ4v) is 13.3. The fourth-order valence-electron chi connectivity index (χ4n) is 9.26. The lowest BCUT2D eigenvalue weighted by atomic mass is 9.82. The van der Waals surface area contributed by atoms with E-state index in [1.807, 2.05) is 78.9 Å². The lowest BCUT2D eigenvalue weighted by Crippen LogP contribution is -2.54. The molecule has 0 aromatic heterocycles. The second-order valence-electron chi connectivity index (χ2n) is 15.9. The van der Waals surface area contributed by atoms with Crippen molar-refractivity contribution in [2.24, 2.45) is 5.92 Å². The summed E-state index contributed by atoms with van der Waals surface area (Å²) in [5.41, 5.74) is 1.94. The number of amides is 3. The SMILES string of the molecule is COc1ccc([Si](C)(C)[C@H]2[C@H](CC(=O)N(CCO)Cc3ccccc3)O[C@@]3(C(=O)N(Cc4cccc(N5C(=O)CC5OC(C)=O)c4)c4ccc(OC)cc43)[C@@H]2C)cc1. The van der Waals surface area contributed by atoms with Crippen LogP contribution in [0.3, 0.4) is 0 Å². The van der Waals surface area contributed by atoms with Gasteiger partial charge in [-0.15, -0.1) is 0 Å². The quantitative estimate of drug-likeness (QED) is 0.0996. The van der Waals surface area contributed by atoms with Crippen LogP contribution in [0.4, 0.5) is 11.4 Å². The van der Waals surface area contributed by atoms with Crippen LogP contribution in [0.25, 0.3) is 0 Å². The molecule has 1 spiro atoms. The molecule has 58 heavy (non-hydrogen) atoms. The molecule has 13 heteroatoms. The molecule has 5 atom stereocenters. The predicted octanol–water partition coefficient (Wildman–Crippen LogP) is 5.50. The first-order valence-corrected chi connectivity index (χ1v) is 22.7. The smallest absolute Gasteiger partial charge is 0.304 e. The molecule has 0 radical (unpaired) electrons. The standard InChI is InChI=1S/C45H51N3O9Si/c1-29-43(58(5,6)36-18-15-34(54-3)16-19-36)39(25-40(51)46(21-22-49)27-31-11-8-7-9-12-31)57-45(29)37-24-35(55-4)17-20-38(37)47(44(45)53)28-32-13-10-14-33(23-32)48-41(52)26-42(48)56-30(2)50/h7-20,23-24,29,39,42-43,49H,21-22,25-28H2,1-6H3/t29-,39+,42?,43-,45+/m1/s1. The van der Waals surface area contributed by atoms with E-state index in [0.29, 0.717) is 29.2 Å². The Morgan fingerprint density at radius 3 is 2.26 bits per heavy atom. The minimum absolute atomic E-state index is 0.0121. The topological polar surface area (TPSA) is 135 Å². The number of benzene rings is 4. The van der Waals surface area contributed by atoms with Crippen LogP contribution < -0.4 is 24.5 Å². The molecule has 1 unspecified atom stereocenters. The van der Waals surface area contributed by atoms with Gasteiger partial charge in [-0.2, -0.15) is 0 Å². The Balaban J connectivity index is 1.28. The molecule has 0 aliphatic carbocycles. The summed E-state index contributed by atoms with van der Waals surface area (Å²) >= 11 is 0. The zero-order valence-corrected chi connectivity index (χ0v) is 34.8. The number of hydrogen-bond acceptors (Lipinski definition) is 9. The van der Waals surface area contributed by atoms with Crippen molar-refractivity contribution in [3.63, 3.8) is 0 Å². The van der Waals surface area contributed by atoms with E-state index in [9.17, 15) is 19.5 Å². The van der Waals surface area contributed by atoms with Crippen molar-refractivity contribution in [2.45, 2.75) is 76.3 Å². The van der Waals surface area contributed by atoms with Crippen LogP contribution >= 0.6 is 0 Å². The lowest BCUT2D eigenvalue weighted by molar-refractivity contribution is -0.154. The molecule has 3 aliphatic heterocycles. The van der Waals surface area contributed by atoms with Gasteiger partial charge in [-0.1, -0.05) is 79.8 Å². The fraction of sp³-hybridized carbons (Fsp3) is 0.378. The van der Waals surface area contributed by atoms with Gasteiger partial charge in [0.25, 0.3) is 5.91 Å². The van der Waals surface area contributed by atoms with Crippen LogP contribution in [0.15, 0.2) is 97.1 Å². The van der Waals surface area contributed by atoms with Crippen molar-refractivity contribution >= 4 is 48.3 Å². The minimum Gasteiger partial charge on any atom is -0.497 e. The van der Waals surface area contributed by atoms with Gasteiger partial charge in [0.2, 0.25) is 11.8 Å². The van der Waals surface area contributed by atoms with Crippen molar-refractivity contribution in [1.29, 1.82) is 0 Å². The third kappa shape index (κ3) is 7.38. The minimum atomic E-state index is -2.58. The molecular weight excluding hydrogens is 755 g/mol. The molecule has 1 N–H and O–H groups in total. The second-order valence-corrected chi connectivity index (χ2v) is 20.5. The Labute approximate surface area is 340 Å². The molecule has 3 aliphatic rings. The Bertz CT molecular complexity index is 2180. The van der Waals surface area contributed by atoms with Gasteiger partial charge >= 0.3 is 5.97 Å². The maximum absolute atomic E-state index is 15.4. The number of hydrogen-bond donors (Lipinski definition) is 1. The average Bonchev–Trinajstić information content (AvgIpc) is 3.63. The molecule has 4 aromatic rings. The summed E-state index contributed by atoms with van der Waals surface area (Å²) in [7, 11) is 0.632. The number of carbonyl (C=O) groups is 4. The van der Waals surface area contributed by atoms with E-state index in [4.69, 9.17) is 18.9 Å². The molecule has 3 amide bonds. The van der Waals surface area contributed by atoms with E-state index in [0.717, 1.165) is 22.1 Å². The first-order chi connectivity index (χ1) is 27.8. The highest BCUT2D eigenvalue weighted by Gasteiger charge is 2.66. The average molecular weight is 806 g/mol. The zero-order valence-electron chi connectivity index (χ0n) is 33.8. The van der Waals surface area contributed by atoms with Crippen molar-refractivity contribution in [3.8, 4) is 11.5 Å². The number of β-lactam (4-membered cyclic amide) rings is 1. The van der Waals surface area contributed by atoms with E-state index in [-0.39, 0.29) is 61.7 Å². The number of rotatable bonds is 14. The number of aliphatic hydroxyl groups excluding tert-OH is 1. The summed E-state index contributed by atoms with van der Waals surface area (Å²) in [5.74, 6) is -0.137. The number of esters is 1. The van der Waals surface area contributed by atoms with Crippen LogP contribution in [0.1, 0.15) is 43.4 Å². The summed E-state index contributed by atoms with van der Waals surface area (Å²) in [5, 5.41) is 11.2. The van der Waals surface area contributed by atoms with Crippen LogP contribution in [0.5, 0.6) is 11.5 Å². The first-order valence-electron chi connectivity index (χ1n) is 19.7. The molecule has 3 heterocycles. The number of carbonyl (C=O) groups excluding carboxylic acids is 4. The lowest BCUT2D eigenvalue weighted by Gasteiger charge is -2.39. The van der Waals surface area contributed by atoms with Crippen LogP contribution in [0.2, 0.25) is 18.6 Å². The largest absolute Gasteiger partial charge is 0.497 e. The third-order valence-corrected chi connectivity index (χ3v) is 16.5. The number of nitrogens with zero attached hydrogens (tertiary/aromatic N) is 3. The highest BCUT2D eigenvalue weighted by atomic mass is 28.3. The maximum Gasteiger partial charge on any atom is 0.304 e. The maximum atomic E-state index is 15.4. The van der Waals surface area contributed by atoms with Crippen molar-refractivity contribution in [2.75, 3.05) is 37.2 Å². The zero-order chi connectivity index (χ0) is 41.4. The summed E-state index contributed by atoms with van der Waals surface area (Å²) < 4.78 is 23.8. The van der Waals surface area contributed by atoms with Crippen LogP contribution in [-0.4, -0.2) is 81.5 Å². The van der Waals surface area contributed by atoms with E-state index < -0.39 is 32.0 Å². The highest BCUT2D eigenvalue weighted by Crippen LogP contribution is 2.60. The number of methoxy groups -OCH3 is 2. The molecule has 12 nitrogen and oxygen atoms in total. The monoisotopic (exact) mass is 805 g/mol. The normalized spacial score (nSPS) is 22.5. The Kier molecular flexibility index (Phi) is 11.5. The van der Waals surface area contributed by atoms with E-state index in [2.05, 4.69) is 32.2 Å². The number of ether oxygens (including phenoxy) is 4. The Morgan fingerprint density at radius 2 is 1.60 bits per heavy atom. The summed E-state index contributed by atoms with van der Waals surface area (Å²) in [6, 6.07) is 30.6. The van der Waals surface area contributed by atoms with Gasteiger partial charge in [-0.05, 0) is 59.1 Å². The van der Waals surface area contributed by atoms with Gasteiger partial charge < -0.3 is 33.9 Å².